The standard InChI is InChI=1S/C18H23N3O3S/c1-2-24-11-5-10-19-16(22)12-25-18-20-15-7-4-3-6-14(15)17(23)21(18)13-8-9-13/h3-4,6-7,13H,2,5,8-12H2,1H3,(H,19,22). The largest absolute Gasteiger partial charge is 0.382 e. The van der Waals surface area contributed by atoms with Crippen LogP contribution < -0.4 is 10.9 Å². The summed E-state index contributed by atoms with van der Waals surface area (Å²) in [4.78, 5) is 29.4. The van der Waals surface area contributed by atoms with Gasteiger partial charge in [-0.15, -0.1) is 0 Å². The van der Waals surface area contributed by atoms with Crippen LogP contribution in [0.4, 0.5) is 0 Å². The summed E-state index contributed by atoms with van der Waals surface area (Å²) < 4.78 is 7.00. The number of para-hydroxylation sites is 1. The Morgan fingerprint density at radius 3 is 2.96 bits per heavy atom. The van der Waals surface area contributed by atoms with Gasteiger partial charge in [0.25, 0.3) is 5.56 Å². The Morgan fingerprint density at radius 2 is 2.20 bits per heavy atom. The number of rotatable bonds is 9. The molecule has 134 valence electrons. The fourth-order valence-electron chi connectivity index (χ4n) is 2.61. The molecule has 1 aromatic heterocycles. The number of benzene rings is 1. The number of hydrogen-bond donors (Lipinski definition) is 1. The van der Waals surface area contributed by atoms with E-state index in [1.165, 1.54) is 11.8 Å². The van der Waals surface area contributed by atoms with E-state index in [-0.39, 0.29) is 23.3 Å². The highest BCUT2D eigenvalue weighted by Crippen LogP contribution is 2.36. The Labute approximate surface area is 151 Å². The molecule has 7 heteroatoms. The smallest absolute Gasteiger partial charge is 0.262 e. The molecule has 0 aliphatic heterocycles. The number of amides is 1. The van der Waals surface area contributed by atoms with Gasteiger partial charge in [0.05, 0.1) is 16.7 Å². The van der Waals surface area contributed by atoms with Gasteiger partial charge in [0.15, 0.2) is 5.16 Å². The van der Waals surface area contributed by atoms with Gasteiger partial charge in [-0.25, -0.2) is 4.98 Å². The van der Waals surface area contributed by atoms with E-state index < -0.39 is 0 Å². The maximum atomic E-state index is 12.7. The summed E-state index contributed by atoms with van der Waals surface area (Å²) in [6, 6.07) is 7.59. The Morgan fingerprint density at radius 1 is 1.40 bits per heavy atom. The van der Waals surface area contributed by atoms with Crippen molar-refractivity contribution in [3.8, 4) is 0 Å². The molecular weight excluding hydrogens is 338 g/mol. The van der Waals surface area contributed by atoms with E-state index in [4.69, 9.17) is 4.74 Å². The van der Waals surface area contributed by atoms with E-state index in [2.05, 4.69) is 10.3 Å². The molecule has 1 amide bonds. The van der Waals surface area contributed by atoms with Crippen LogP contribution in [0.3, 0.4) is 0 Å². The zero-order chi connectivity index (χ0) is 17.6. The molecule has 1 N–H and O–H groups in total. The summed E-state index contributed by atoms with van der Waals surface area (Å²) in [5.74, 6) is 0.206. The molecule has 1 aromatic carbocycles. The van der Waals surface area contributed by atoms with E-state index >= 15 is 0 Å². The summed E-state index contributed by atoms with van der Waals surface area (Å²) in [5, 5.41) is 4.15. The quantitative estimate of drug-likeness (QED) is 0.422. The van der Waals surface area contributed by atoms with Gasteiger partial charge in [0, 0.05) is 25.8 Å². The molecule has 2 aromatic rings. The lowest BCUT2D eigenvalue weighted by molar-refractivity contribution is -0.118. The molecule has 1 fully saturated rings. The van der Waals surface area contributed by atoms with Crippen LogP contribution in [0.1, 0.15) is 32.2 Å². The highest BCUT2D eigenvalue weighted by molar-refractivity contribution is 7.99. The van der Waals surface area contributed by atoms with Crippen molar-refractivity contribution in [2.24, 2.45) is 0 Å². The van der Waals surface area contributed by atoms with Crippen molar-refractivity contribution in [3.05, 3.63) is 34.6 Å². The van der Waals surface area contributed by atoms with Crippen LogP contribution in [-0.2, 0) is 9.53 Å². The zero-order valence-electron chi connectivity index (χ0n) is 14.4. The molecule has 0 atom stereocenters. The molecule has 1 heterocycles. The van der Waals surface area contributed by atoms with Crippen molar-refractivity contribution in [3.63, 3.8) is 0 Å². The monoisotopic (exact) mass is 361 g/mol. The number of nitrogens with one attached hydrogen (secondary N) is 1. The second-order valence-corrected chi connectivity index (χ2v) is 6.95. The second-order valence-electron chi connectivity index (χ2n) is 6.01. The third-order valence-electron chi connectivity index (χ3n) is 4.01. The molecule has 1 saturated carbocycles. The highest BCUT2D eigenvalue weighted by Gasteiger charge is 2.28. The SMILES string of the molecule is CCOCCCNC(=O)CSc1nc2ccccc2c(=O)n1C1CC1. The first-order chi connectivity index (χ1) is 12.2. The van der Waals surface area contributed by atoms with Crippen LogP contribution in [-0.4, -0.2) is 41.0 Å². The normalized spacial score (nSPS) is 14.0. The average Bonchev–Trinajstić information content (AvgIpc) is 3.45. The first-order valence-electron chi connectivity index (χ1n) is 8.69. The van der Waals surface area contributed by atoms with Crippen LogP contribution >= 0.6 is 11.8 Å². The number of carbonyl (C=O) groups excluding carboxylic acids is 1. The first-order valence-corrected chi connectivity index (χ1v) is 9.67. The number of hydrogen-bond acceptors (Lipinski definition) is 5. The van der Waals surface area contributed by atoms with E-state index in [0.717, 1.165) is 19.3 Å². The zero-order valence-corrected chi connectivity index (χ0v) is 15.2. The van der Waals surface area contributed by atoms with Crippen LogP contribution in [0.15, 0.2) is 34.2 Å². The van der Waals surface area contributed by atoms with E-state index in [0.29, 0.717) is 35.8 Å². The van der Waals surface area contributed by atoms with Crippen molar-refractivity contribution in [1.29, 1.82) is 0 Å². The fraction of sp³-hybridized carbons (Fsp3) is 0.500. The van der Waals surface area contributed by atoms with Gasteiger partial charge in [-0.3, -0.25) is 14.2 Å². The van der Waals surface area contributed by atoms with E-state index in [9.17, 15) is 9.59 Å². The van der Waals surface area contributed by atoms with Crippen molar-refractivity contribution in [1.82, 2.24) is 14.9 Å². The molecule has 1 aliphatic carbocycles. The van der Waals surface area contributed by atoms with Crippen LogP contribution in [0.5, 0.6) is 0 Å². The highest BCUT2D eigenvalue weighted by atomic mass is 32.2. The van der Waals surface area contributed by atoms with Gasteiger partial charge in [0.1, 0.15) is 0 Å². The second kappa shape index (κ2) is 8.49. The van der Waals surface area contributed by atoms with Crippen LogP contribution in [0.25, 0.3) is 10.9 Å². The lowest BCUT2D eigenvalue weighted by atomic mass is 10.2. The topological polar surface area (TPSA) is 73.2 Å². The van der Waals surface area contributed by atoms with Crippen LogP contribution in [0.2, 0.25) is 0 Å². The summed E-state index contributed by atoms with van der Waals surface area (Å²) in [6.45, 7) is 3.89. The third kappa shape index (κ3) is 4.61. The molecule has 0 bridgehead atoms. The van der Waals surface area contributed by atoms with Gasteiger partial charge in [-0.2, -0.15) is 0 Å². The van der Waals surface area contributed by atoms with Crippen molar-refractivity contribution < 1.29 is 9.53 Å². The molecule has 0 unspecified atom stereocenters. The molecule has 1 aliphatic rings. The molecule has 25 heavy (non-hydrogen) atoms. The van der Waals surface area contributed by atoms with E-state index in [1.807, 2.05) is 31.2 Å². The lowest BCUT2D eigenvalue weighted by Gasteiger charge is -2.12. The van der Waals surface area contributed by atoms with E-state index in [1.54, 1.807) is 4.57 Å². The van der Waals surface area contributed by atoms with Crippen LogP contribution in [0, 0.1) is 0 Å². The van der Waals surface area contributed by atoms with Crippen molar-refractivity contribution >= 4 is 28.6 Å². The predicted molar refractivity (Wildman–Crippen MR) is 99.1 cm³/mol. The maximum absolute atomic E-state index is 12.7. The Kier molecular flexibility index (Phi) is 6.09. The lowest BCUT2D eigenvalue weighted by Crippen LogP contribution is -2.28. The molecule has 0 radical (unpaired) electrons. The molecule has 6 nitrogen and oxygen atoms in total. The summed E-state index contributed by atoms with van der Waals surface area (Å²) in [6.07, 6.45) is 2.79. The number of thioether (sulfide) groups is 1. The predicted octanol–water partition coefficient (Wildman–Crippen LogP) is 2.37. The fourth-order valence-corrected chi connectivity index (χ4v) is 3.51. The van der Waals surface area contributed by atoms with Gasteiger partial charge in [0.2, 0.25) is 5.91 Å². The van der Waals surface area contributed by atoms with Gasteiger partial charge >= 0.3 is 0 Å². The average molecular weight is 361 g/mol. The number of nitrogens with zero attached hydrogens (tertiary/aromatic N) is 2. The van der Waals surface area contributed by atoms with Gasteiger partial charge in [-0.1, -0.05) is 23.9 Å². The van der Waals surface area contributed by atoms with Gasteiger partial charge < -0.3 is 10.1 Å². The summed E-state index contributed by atoms with van der Waals surface area (Å²) in [5.41, 5.74) is 0.678. The minimum Gasteiger partial charge on any atom is -0.382 e. The molecule has 3 rings (SSSR count). The number of carbonyl (C=O) groups is 1. The first kappa shape index (κ1) is 17.9. The minimum absolute atomic E-state index is 0.00674. The van der Waals surface area contributed by atoms with Crippen molar-refractivity contribution in [2.75, 3.05) is 25.5 Å². The number of fused-ring (bicyclic) bond motifs is 1. The van der Waals surface area contributed by atoms with Crippen molar-refractivity contribution in [2.45, 2.75) is 37.4 Å². The third-order valence-corrected chi connectivity index (χ3v) is 4.96. The summed E-state index contributed by atoms with van der Waals surface area (Å²) >= 11 is 1.33. The van der Waals surface area contributed by atoms with Gasteiger partial charge in [-0.05, 0) is 38.3 Å². The number of aromatic nitrogens is 2. The minimum atomic E-state index is -0.0498. The molecule has 0 saturated heterocycles. The molecule has 0 spiro atoms. The maximum Gasteiger partial charge on any atom is 0.262 e. The Hall–Kier alpha value is -1.86. The number of ether oxygens (including phenoxy) is 1. The Balaban J connectivity index is 1.66. The summed E-state index contributed by atoms with van der Waals surface area (Å²) in [7, 11) is 0. The Bertz CT molecular complexity index is 802. The molecular formula is C18H23N3O3S.